The van der Waals surface area contributed by atoms with E-state index in [0.717, 1.165) is 124 Å². The van der Waals surface area contributed by atoms with Gasteiger partial charge in [-0.2, -0.15) is 0 Å². The molecule has 1 atom stereocenters. The lowest BCUT2D eigenvalue weighted by atomic mass is 10.0. The lowest BCUT2D eigenvalue weighted by Crippen LogP contribution is -2.31. The van der Waals surface area contributed by atoms with E-state index in [2.05, 4.69) is 48.1 Å². The quantitative estimate of drug-likeness (QED) is 0.0371. The van der Waals surface area contributed by atoms with Crippen molar-refractivity contribution in [3.8, 4) is 0 Å². The van der Waals surface area contributed by atoms with E-state index in [9.17, 15) is 19.2 Å². The summed E-state index contributed by atoms with van der Waals surface area (Å²) in [5, 5.41) is 5.54. The van der Waals surface area contributed by atoms with Crippen LogP contribution in [0.1, 0.15) is 119 Å². The fraction of sp³-hybridized carbons (Fsp3) is 0.491. The Bertz CT molecular complexity index is 2010. The lowest BCUT2D eigenvalue weighted by molar-refractivity contribution is -0.145. The average molecular weight is 921 g/mol. The molecule has 4 aromatic carbocycles. The molecule has 0 saturated carbocycles. The van der Waals surface area contributed by atoms with Gasteiger partial charge in [-0.1, -0.05) is 126 Å². The molecular weight excluding hydrogens is 845 g/mol. The summed E-state index contributed by atoms with van der Waals surface area (Å²) in [7, 11) is 0. The minimum absolute atomic E-state index is 0.0693. The SMILES string of the molecule is CCCCN(CCCC)CCOC(=O)Cc1ccc(Cc2ccc(CC(=O)OCC(C)OC(=O)Nc3ccc(Cc4ccc(NC(=O)OCCN(CCCC)CCCC)cc4)cc3)cc2)cc1. The molecule has 1 unspecified atom stereocenters. The van der Waals surface area contributed by atoms with E-state index >= 15 is 0 Å². The van der Waals surface area contributed by atoms with Crippen molar-refractivity contribution in [2.75, 3.05) is 69.7 Å². The Morgan fingerprint density at radius 2 is 0.791 bits per heavy atom. The van der Waals surface area contributed by atoms with Gasteiger partial charge in [0.05, 0.1) is 12.8 Å². The monoisotopic (exact) mass is 921 g/mol. The zero-order valence-electron chi connectivity index (χ0n) is 40.8. The van der Waals surface area contributed by atoms with Crippen molar-refractivity contribution < 1.29 is 38.1 Å². The van der Waals surface area contributed by atoms with Crippen LogP contribution in [-0.2, 0) is 54.2 Å². The highest BCUT2D eigenvalue weighted by Crippen LogP contribution is 2.18. The van der Waals surface area contributed by atoms with Gasteiger partial charge in [0.25, 0.3) is 0 Å². The first-order valence-electron chi connectivity index (χ1n) is 24.6. The van der Waals surface area contributed by atoms with Gasteiger partial charge in [-0.3, -0.25) is 30.0 Å². The summed E-state index contributed by atoms with van der Waals surface area (Å²) in [5.41, 5.74) is 7.31. The molecule has 67 heavy (non-hydrogen) atoms. The van der Waals surface area contributed by atoms with Crippen LogP contribution in [0.2, 0.25) is 0 Å². The van der Waals surface area contributed by atoms with Crippen LogP contribution >= 0.6 is 0 Å². The summed E-state index contributed by atoms with van der Waals surface area (Å²) >= 11 is 0. The fourth-order valence-electron chi connectivity index (χ4n) is 7.35. The predicted octanol–water partition coefficient (Wildman–Crippen LogP) is 11.0. The maximum Gasteiger partial charge on any atom is 0.412 e. The highest BCUT2D eigenvalue weighted by Gasteiger charge is 2.15. The lowest BCUT2D eigenvalue weighted by Gasteiger charge is -2.21. The second-order valence-electron chi connectivity index (χ2n) is 17.3. The van der Waals surface area contributed by atoms with Crippen LogP contribution in [0.4, 0.5) is 21.0 Å². The molecule has 0 aliphatic carbocycles. The van der Waals surface area contributed by atoms with Gasteiger partial charge in [0.1, 0.15) is 25.9 Å². The van der Waals surface area contributed by atoms with Gasteiger partial charge in [0.15, 0.2) is 0 Å². The number of hydrogen-bond donors (Lipinski definition) is 2. The van der Waals surface area contributed by atoms with Crippen molar-refractivity contribution in [3.63, 3.8) is 0 Å². The molecule has 0 spiro atoms. The van der Waals surface area contributed by atoms with Crippen molar-refractivity contribution in [2.45, 2.75) is 118 Å². The number of unbranched alkanes of at least 4 members (excludes halogenated alkanes) is 4. The summed E-state index contributed by atoms with van der Waals surface area (Å²) in [5.74, 6) is -0.617. The van der Waals surface area contributed by atoms with E-state index in [0.29, 0.717) is 37.4 Å². The summed E-state index contributed by atoms with van der Waals surface area (Å²) < 4.78 is 21.9. The van der Waals surface area contributed by atoms with Crippen LogP contribution in [0, 0.1) is 0 Å². The number of anilines is 2. The van der Waals surface area contributed by atoms with Crippen LogP contribution in [-0.4, -0.2) is 99.1 Å². The Morgan fingerprint density at radius 3 is 1.19 bits per heavy atom. The van der Waals surface area contributed by atoms with Gasteiger partial charge in [0, 0.05) is 24.5 Å². The highest BCUT2D eigenvalue weighted by molar-refractivity contribution is 5.85. The number of nitrogens with one attached hydrogen (secondary N) is 2. The number of amides is 2. The Morgan fingerprint density at radius 1 is 0.448 bits per heavy atom. The normalized spacial score (nSPS) is 11.6. The zero-order valence-corrected chi connectivity index (χ0v) is 40.8. The van der Waals surface area contributed by atoms with Gasteiger partial charge in [-0.15, -0.1) is 0 Å². The van der Waals surface area contributed by atoms with Crippen LogP contribution in [0.3, 0.4) is 0 Å². The molecule has 0 aromatic heterocycles. The minimum atomic E-state index is -0.653. The number of carbonyl (C=O) groups excluding carboxylic acids is 4. The van der Waals surface area contributed by atoms with Crippen LogP contribution < -0.4 is 10.6 Å². The number of ether oxygens (including phenoxy) is 4. The van der Waals surface area contributed by atoms with Crippen molar-refractivity contribution in [2.24, 2.45) is 0 Å². The molecule has 0 saturated heterocycles. The second kappa shape index (κ2) is 31.3. The zero-order chi connectivity index (χ0) is 48.1. The maximum absolute atomic E-state index is 12.6. The van der Waals surface area contributed by atoms with E-state index in [-0.39, 0.29) is 25.4 Å². The maximum atomic E-state index is 12.6. The Kier molecular flexibility index (Phi) is 25.2. The Hall–Kier alpha value is -5.72. The first-order valence-corrected chi connectivity index (χ1v) is 24.6. The molecule has 2 N–H and O–H groups in total. The van der Waals surface area contributed by atoms with Crippen molar-refractivity contribution in [1.82, 2.24) is 9.80 Å². The molecule has 4 aromatic rings. The summed E-state index contributed by atoms with van der Waals surface area (Å²) in [4.78, 5) is 54.9. The van der Waals surface area contributed by atoms with Gasteiger partial charge < -0.3 is 18.9 Å². The van der Waals surface area contributed by atoms with Crippen molar-refractivity contribution in [3.05, 3.63) is 130 Å². The predicted molar refractivity (Wildman–Crippen MR) is 268 cm³/mol. The average Bonchev–Trinajstić information content (AvgIpc) is 3.32. The van der Waals surface area contributed by atoms with Crippen molar-refractivity contribution in [1.29, 1.82) is 0 Å². The van der Waals surface area contributed by atoms with E-state index in [1.54, 1.807) is 19.1 Å². The van der Waals surface area contributed by atoms with Gasteiger partial charge in [-0.25, -0.2) is 9.59 Å². The fourth-order valence-corrected chi connectivity index (χ4v) is 7.35. The van der Waals surface area contributed by atoms with Crippen molar-refractivity contribution >= 4 is 35.5 Å². The first-order chi connectivity index (χ1) is 32.5. The topological polar surface area (TPSA) is 136 Å². The van der Waals surface area contributed by atoms with E-state index < -0.39 is 24.3 Å². The smallest absolute Gasteiger partial charge is 0.412 e. The van der Waals surface area contributed by atoms with E-state index in [1.165, 1.54) is 0 Å². The molecule has 0 fully saturated rings. The third-order valence-corrected chi connectivity index (χ3v) is 11.4. The third kappa shape index (κ3) is 22.6. The molecule has 0 aliphatic rings. The molecule has 364 valence electrons. The van der Waals surface area contributed by atoms with Gasteiger partial charge >= 0.3 is 24.1 Å². The number of hydrogen-bond acceptors (Lipinski definition) is 10. The molecule has 0 aliphatic heterocycles. The van der Waals surface area contributed by atoms with Crippen LogP contribution in [0.15, 0.2) is 97.1 Å². The van der Waals surface area contributed by atoms with Gasteiger partial charge in [-0.05, 0) is 129 Å². The molecular formula is C55H76N4O8. The number of benzene rings is 4. The summed E-state index contributed by atoms with van der Waals surface area (Å²) in [6.07, 6.45) is 9.16. The van der Waals surface area contributed by atoms with Crippen LogP contribution in [0.25, 0.3) is 0 Å². The highest BCUT2D eigenvalue weighted by atomic mass is 16.6. The third-order valence-electron chi connectivity index (χ3n) is 11.4. The number of carbonyl (C=O) groups is 4. The number of esters is 2. The molecule has 0 bridgehead atoms. The van der Waals surface area contributed by atoms with E-state index in [1.807, 2.05) is 84.9 Å². The number of nitrogens with zero attached hydrogens (tertiary/aromatic N) is 2. The van der Waals surface area contributed by atoms with E-state index in [4.69, 9.17) is 18.9 Å². The molecule has 0 radical (unpaired) electrons. The molecule has 4 rings (SSSR count). The standard InChI is InChI=1S/C55H76N4O8/c1-6-10-30-58(31-11-7-2)34-36-64-52(60)40-48-18-14-44(15-19-48)38-45-16-20-49(21-17-45)41-53(61)66-42-43(5)67-55(63)57-51-28-24-47(25-29-51)39-46-22-26-50(27-23-46)56-54(62)65-37-35-59(32-12-8-3)33-13-9-4/h14-29,43H,6-13,30-42H2,1-5H3,(H,56,62)(H,57,63). The molecule has 0 heterocycles. The van der Waals surface area contributed by atoms with Gasteiger partial charge in [0.2, 0.25) is 0 Å². The largest absolute Gasteiger partial charge is 0.464 e. The Balaban J connectivity index is 1.09. The minimum Gasteiger partial charge on any atom is -0.464 e. The molecule has 12 nitrogen and oxygen atoms in total. The van der Waals surface area contributed by atoms with Crippen LogP contribution in [0.5, 0.6) is 0 Å². The molecule has 2 amide bonds. The summed E-state index contributed by atoms with van der Waals surface area (Å²) in [6, 6.07) is 31.0. The second-order valence-corrected chi connectivity index (χ2v) is 17.3. The number of rotatable bonds is 31. The summed E-state index contributed by atoms with van der Waals surface area (Å²) in [6.45, 7) is 16.8. The molecule has 12 heteroatoms. The first kappa shape index (κ1) is 53.9. The Labute approximate surface area is 400 Å².